The number of hydrogen-bond donors (Lipinski definition) is 0. The molecule has 2 heteroatoms. The molecule has 74 valence electrons. The summed E-state index contributed by atoms with van der Waals surface area (Å²) in [4.78, 5) is 10.5. The topological polar surface area (TPSA) is 18.5 Å². The van der Waals surface area contributed by atoms with E-state index in [-0.39, 0.29) is 11.7 Å². The SMILES string of the molecule is Cc1ccc(C2OOC23CCC3)cc1. The lowest BCUT2D eigenvalue weighted by Gasteiger charge is -2.52. The van der Waals surface area contributed by atoms with Gasteiger partial charge in [-0.05, 0) is 31.7 Å². The molecule has 1 aliphatic carbocycles. The van der Waals surface area contributed by atoms with Gasteiger partial charge in [0.25, 0.3) is 0 Å². The Hall–Kier alpha value is -0.860. The zero-order valence-electron chi connectivity index (χ0n) is 8.32. The molecule has 0 amide bonds. The number of hydrogen-bond acceptors (Lipinski definition) is 2. The van der Waals surface area contributed by atoms with Crippen molar-refractivity contribution in [3.8, 4) is 0 Å². The van der Waals surface area contributed by atoms with Crippen LogP contribution in [0.1, 0.15) is 36.5 Å². The predicted octanol–water partition coefficient (Wildman–Crippen LogP) is 2.92. The molecule has 3 rings (SSSR count). The third-order valence-electron chi connectivity index (χ3n) is 3.37. The highest BCUT2D eigenvalue weighted by molar-refractivity contribution is 5.27. The Balaban J connectivity index is 1.85. The fourth-order valence-corrected chi connectivity index (χ4v) is 2.20. The number of aryl methyl sites for hydroxylation is 1. The van der Waals surface area contributed by atoms with E-state index in [0.717, 1.165) is 12.8 Å². The van der Waals surface area contributed by atoms with Crippen molar-refractivity contribution in [2.75, 3.05) is 0 Å². The summed E-state index contributed by atoms with van der Waals surface area (Å²) in [5, 5.41) is 0. The van der Waals surface area contributed by atoms with Crippen LogP contribution in [0.4, 0.5) is 0 Å². The van der Waals surface area contributed by atoms with Gasteiger partial charge in [0.15, 0.2) is 0 Å². The predicted molar refractivity (Wildman–Crippen MR) is 52.7 cm³/mol. The quantitative estimate of drug-likeness (QED) is 0.634. The highest BCUT2D eigenvalue weighted by Gasteiger charge is 2.56. The Kier molecular flexibility index (Phi) is 1.70. The van der Waals surface area contributed by atoms with E-state index in [0.29, 0.717) is 0 Å². The van der Waals surface area contributed by atoms with Gasteiger partial charge in [0, 0.05) is 0 Å². The highest BCUT2D eigenvalue weighted by Crippen LogP contribution is 2.54. The third kappa shape index (κ3) is 1.04. The van der Waals surface area contributed by atoms with Crippen LogP contribution in [0.2, 0.25) is 0 Å². The summed E-state index contributed by atoms with van der Waals surface area (Å²) >= 11 is 0. The molecule has 1 saturated carbocycles. The first kappa shape index (κ1) is 8.45. The molecule has 14 heavy (non-hydrogen) atoms. The summed E-state index contributed by atoms with van der Waals surface area (Å²) < 4.78 is 0. The Morgan fingerprint density at radius 3 is 2.36 bits per heavy atom. The summed E-state index contributed by atoms with van der Waals surface area (Å²) in [6, 6.07) is 8.54. The summed E-state index contributed by atoms with van der Waals surface area (Å²) in [5.41, 5.74) is 2.58. The first-order valence-corrected chi connectivity index (χ1v) is 5.21. The lowest BCUT2D eigenvalue weighted by atomic mass is 9.73. The van der Waals surface area contributed by atoms with E-state index < -0.39 is 0 Å². The van der Waals surface area contributed by atoms with E-state index in [1.807, 2.05) is 0 Å². The van der Waals surface area contributed by atoms with Gasteiger partial charge in [-0.15, -0.1) is 0 Å². The van der Waals surface area contributed by atoms with E-state index in [2.05, 4.69) is 31.2 Å². The smallest absolute Gasteiger partial charge is 0.150 e. The van der Waals surface area contributed by atoms with Crippen LogP contribution in [0.15, 0.2) is 24.3 Å². The number of benzene rings is 1. The molecule has 0 N–H and O–H groups in total. The lowest BCUT2D eigenvalue weighted by molar-refractivity contribution is -0.532. The average Bonchev–Trinajstić information content (AvgIpc) is 2.04. The molecule has 1 heterocycles. The molecule has 1 saturated heterocycles. The molecule has 2 aliphatic rings. The van der Waals surface area contributed by atoms with Crippen molar-refractivity contribution in [3.05, 3.63) is 35.4 Å². The molecule has 1 spiro atoms. The van der Waals surface area contributed by atoms with Gasteiger partial charge in [0.05, 0.1) is 0 Å². The van der Waals surface area contributed by atoms with Crippen LogP contribution in [0.5, 0.6) is 0 Å². The largest absolute Gasteiger partial charge is 0.226 e. The fourth-order valence-electron chi connectivity index (χ4n) is 2.20. The van der Waals surface area contributed by atoms with Crippen molar-refractivity contribution in [2.24, 2.45) is 0 Å². The molecule has 2 nitrogen and oxygen atoms in total. The summed E-state index contributed by atoms with van der Waals surface area (Å²) in [5.74, 6) is 0. The fraction of sp³-hybridized carbons (Fsp3) is 0.500. The molecule has 0 bridgehead atoms. The van der Waals surface area contributed by atoms with Gasteiger partial charge in [-0.3, -0.25) is 0 Å². The molecule has 1 atom stereocenters. The third-order valence-corrected chi connectivity index (χ3v) is 3.37. The van der Waals surface area contributed by atoms with Crippen molar-refractivity contribution >= 4 is 0 Å². The monoisotopic (exact) mass is 190 g/mol. The van der Waals surface area contributed by atoms with Crippen LogP contribution < -0.4 is 0 Å². The maximum absolute atomic E-state index is 5.25. The van der Waals surface area contributed by atoms with Gasteiger partial charge in [0.1, 0.15) is 11.7 Å². The first-order chi connectivity index (χ1) is 6.80. The zero-order chi connectivity index (χ0) is 9.60. The van der Waals surface area contributed by atoms with Gasteiger partial charge in [-0.25, -0.2) is 9.78 Å². The Bertz CT molecular complexity index is 332. The zero-order valence-corrected chi connectivity index (χ0v) is 8.32. The minimum Gasteiger partial charge on any atom is -0.226 e. The van der Waals surface area contributed by atoms with Gasteiger partial charge < -0.3 is 0 Å². The van der Waals surface area contributed by atoms with E-state index in [9.17, 15) is 0 Å². The average molecular weight is 190 g/mol. The van der Waals surface area contributed by atoms with E-state index in [4.69, 9.17) is 9.78 Å². The Morgan fingerprint density at radius 1 is 1.21 bits per heavy atom. The van der Waals surface area contributed by atoms with E-state index >= 15 is 0 Å². The van der Waals surface area contributed by atoms with Crippen LogP contribution in [0.25, 0.3) is 0 Å². The van der Waals surface area contributed by atoms with Crippen LogP contribution in [0.3, 0.4) is 0 Å². The van der Waals surface area contributed by atoms with E-state index in [1.165, 1.54) is 17.5 Å². The van der Waals surface area contributed by atoms with Crippen molar-refractivity contribution in [2.45, 2.75) is 37.9 Å². The van der Waals surface area contributed by atoms with Crippen molar-refractivity contribution in [1.29, 1.82) is 0 Å². The van der Waals surface area contributed by atoms with Crippen molar-refractivity contribution in [3.63, 3.8) is 0 Å². The van der Waals surface area contributed by atoms with Crippen molar-refractivity contribution in [1.82, 2.24) is 0 Å². The molecule has 0 radical (unpaired) electrons. The molecule has 2 fully saturated rings. The molecular weight excluding hydrogens is 176 g/mol. The minimum atomic E-state index is 0.0370. The van der Waals surface area contributed by atoms with Crippen LogP contribution >= 0.6 is 0 Å². The van der Waals surface area contributed by atoms with Gasteiger partial charge in [-0.2, -0.15) is 0 Å². The Morgan fingerprint density at radius 2 is 1.93 bits per heavy atom. The molecular formula is C12H14O2. The van der Waals surface area contributed by atoms with E-state index in [1.54, 1.807) is 0 Å². The summed E-state index contributed by atoms with van der Waals surface area (Å²) in [7, 11) is 0. The van der Waals surface area contributed by atoms with Crippen LogP contribution in [-0.2, 0) is 9.78 Å². The highest BCUT2D eigenvalue weighted by atomic mass is 17.3. The molecule has 1 unspecified atom stereocenters. The summed E-state index contributed by atoms with van der Waals surface area (Å²) in [6.07, 6.45) is 3.74. The maximum Gasteiger partial charge on any atom is 0.150 e. The Labute approximate surface area is 83.8 Å². The molecule has 1 aromatic rings. The molecule has 0 aromatic heterocycles. The second-order valence-electron chi connectivity index (χ2n) is 4.39. The first-order valence-electron chi connectivity index (χ1n) is 5.21. The molecule has 1 aliphatic heterocycles. The standard InChI is InChI=1S/C12H14O2/c1-9-3-5-10(6-4-9)11-12(14-13-11)7-2-8-12/h3-6,11H,2,7-8H2,1H3. The van der Waals surface area contributed by atoms with Gasteiger partial charge in [-0.1, -0.05) is 29.8 Å². The van der Waals surface area contributed by atoms with Crippen LogP contribution in [0, 0.1) is 6.92 Å². The molecule has 1 aromatic carbocycles. The minimum absolute atomic E-state index is 0.0370. The second-order valence-corrected chi connectivity index (χ2v) is 4.39. The van der Waals surface area contributed by atoms with Gasteiger partial charge >= 0.3 is 0 Å². The van der Waals surface area contributed by atoms with Crippen LogP contribution in [-0.4, -0.2) is 5.60 Å². The number of rotatable bonds is 1. The van der Waals surface area contributed by atoms with Gasteiger partial charge in [0.2, 0.25) is 0 Å². The summed E-state index contributed by atoms with van der Waals surface area (Å²) in [6.45, 7) is 2.10. The lowest BCUT2D eigenvalue weighted by Crippen LogP contribution is -2.55. The maximum atomic E-state index is 5.25. The van der Waals surface area contributed by atoms with Crippen molar-refractivity contribution < 1.29 is 9.78 Å². The second kappa shape index (κ2) is 2.81. The normalized spacial score (nSPS) is 28.2.